The molecule has 0 saturated heterocycles. The van der Waals surface area contributed by atoms with E-state index in [0.717, 1.165) is 11.3 Å². The second kappa shape index (κ2) is 7.19. The lowest BCUT2D eigenvalue weighted by Crippen LogP contribution is -2.29. The summed E-state index contributed by atoms with van der Waals surface area (Å²) < 4.78 is 15.9. The lowest BCUT2D eigenvalue weighted by Gasteiger charge is -2.04. The van der Waals surface area contributed by atoms with Crippen molar-refractivity contribution in [3.63, 3.8) is 0 Å². The standard InChI is InChI=1S/C17H13FN6O3S/c18-11-3-1-10(2-4-11)12-9-28-17-21-15(22-24(12)17)19-13(25)5-7-23-8-6-14(26)20-16(23)27/h1-4,6,8-9H,5,7H2,(H,19,22,25)(H,20,26,27). The van der Waals surface area contributed by atoms with E-state index >= 15 is 0 Å². The number of hydrogen-bond donors (Lipinski definition) is 2. The van der Waals surface area contributed by atoms with Gasteiger partial charge in [-0.1, -0.05) is 0 Å². The fraction of sp³-hybridized carbons (Fsp3) is 0.118. The molecule has 2 N–H and O–H groups in total. The molecule has 0 saturated carbocycles. The Bertz CT molecular complexity index is 1270. The SMILES string of the molecule is O=C(CCn1ccc(=O)[nH]c1=O)Nc1nc2scc(-c3ccc(F)cc3)n2n1. The van der Waals surface area contributed by atoms with E-state index in [0.29, 0.717) is 4.96 Å². The fourth-order valence-electron chi connectivity index (χ4n) is 2.58. The molecule has 3 aromatic heterocycles. The van der Waals surface area contributed by atoms with Crippen LogP contribution in [0.15, 0.2) is 51.5 Å². The quantitative estimate of drug-likeness (QED) is 0.527. The Labute approximate surface area is 160 Å². The molecule has 0 radical (unpaired) electrons. The average molecular weight is 400 g/mol. The van der Waals surface area contributed by atoms with Crippen LogP contribution >= 0.6 is 11.3 Å². The first kappa shape index (κ1) is 17.8. The molecule has 0 fully saturated rings. The molecular weight excluding hydrogens is 387 g/mol. The molecule has 1 amide bonds. The largest absolute Gasteiger partial charge is 0.328 e. The van der Waals surface area contributed by atoms with E-state index in [2.05, 4.69) is 20.4 Å². The highest BCUT2D eigenvalue weighted by molar-refractivity contribution is 7.15. The number of aromatic nitrogens is 5. The molecule has 4 rings (SSSR count). The maximum atomic E-state index is 13.1. The van der Waals surface area contributed by atoms with Crippen molar-refractivity contribution in [2.24, 2.45) is 0 Å². The molecule has 4 aromatic rings. The molecule has 0 aliphatic rings. The van der Waals surface area contributed by atoms with Gasteiger partial charge in [0.15, 0.2) is 0 Å². The highest BCUT2D eigenvalue weighted by atomic mass is 32.1. The third kappa shape index (κ3) is 3.60. The van der Waals surface area contributed by atoms with Gasteiger partial charge >= 0.3 is 5.69 Å². The van der Waals surface area contributed by atoms with Gasteiger partial charge in [0.05, 0.1) is 5.69 Å². The summed E-state index contributed by atoms with van der Waals surface area (Å²) in [5.41, 5.74) is 0.426. The van der Waals surface area contributed by atoms with Crippen LogP contribution in [0.5, 0.6) is 0 Å². The molecule has 3 heterocycles. The van der Waals surface area contributed by atoms with Gasteiger partial charge in [-0.2, -0.15) is 4.98 Å². The molecule has 0 spiro atoms. The molecule has 142 valence electrons. The maximum absolute atomic E-state index is 13.1. The zero-order chi connectivity index (χ0) is 19.7. The number of halogens is 1. The third-order valence-electron chi connectivity index (χ3n) is 3.95. The number of rotatable bonds is 5. The monoisotopic (exact) mass is 400 g/mol. The van der Waals surface area contributed by atoms with Gasteiger partial charge in [0.2, 0.25) is 16.8 Å². The topological polar surface area (TPSA) is 114 Å². The second-order valence-corrected chi connectivity index (χ2v) is 6.70. The van der Waals surface area contributed by atoms with E-state index < -0.39 is 11.2 Å². The van der Waals surface area contributed by atoms with Crippen molar-refractivity contribution in [1.82, 2.24) is 24.1 Å². The first-order valence-corrected chi connectivity index (χ1v) is 9.07. The smallest absolute Gasteiger partial charge is 0.300 e. The zero-order valence-electron chi connectivity index (χ0n) is 14.3. The number of nitrogens with zero attached hydrogens (tertiary/aromatic N) is 4. The van der Waals surface area contributed by atoms with Crippen molar-refractivity contribution in [2.75, 3.05) is 5.32 Å². The number of aryl methyl sites for hydroxylation is 1. The Kier molecular flexibility index (Phi) is 4.57. The van der Waals surface area contributed by atoms with Crippen molar-refractivity contribution in [1.29, 1.82) is 0 Å². The highest BCUT2D eigenvalue weighted by Gasteiger charge is 2.13. The first-order valence-electron chi connectivity index (χ1n) is 8.19. The number of carbonyl (C=O) groups is 1. The Morgan fingerprint density at radius 2 is 2.00 bits per heavy atom. The summed E-state index contributed by atoms with van der Waals surface area (Å²) in [4.78, 5) is 41.7. The molecular formula is C17H13FN6O3S. The van der Waals surface area contributed by atoms with Gasteiger partial charge in [0.25, 0.3) is 5.56 Å². The van der Waals surface area contributed by atoms with Crippen molar-refractivity contribution in [3.05, 3.63) is 68.6 Å². The Morgan fingerprint density at radius 1 is 1.21 bits per heavy atom. The van der Waals surface area contributed by atoms with Gasteiger partial charge in [-0.3, -0.25) is 19.9 Å². The van der Waals surface area contributed by atoms with Crippen LogP contribution in [0.2, 0.25) is 0 Å². The number of H-pyrrole nitrogens is 1. The third-order valence-corrected chi connectivity index (χ3v) is 4.77. The van der Waals surface area contributed by atoms with Gasteiger partial charge < -0.3 is 4.57 Å². The van der Waals surface area contributed by atoms with E-state index in [-0.39, 0.29) is 30.6 Å². The van der Waals surface area contributed by atoms with E-state index in [1.165, 1.54) is 40.3 Å². The summed E-state index contributed by atoms with van der Waals surface area (Å²) in [6.45, 7) is 0.102. The van der Waals surface area contributed by atoms with E-state index in [1.54, 1.807) is 16.6 Å². The van der Waals surface area contributed by atoms with Crippen LogP contribution in [0, 0.1) is 5.82 Å². The Hall–Kier alpha value is -3.60. The van der Waals surface area contributed by atoms with Crippen LogP contribution < -0.4 is 16.6 Å². The molecule has 0 aliphatic carbocycles. The number of thiazole rings is 1. The number of amides is 1. The van der Waals surface area contributed by atoms with E-state index in [1.807, 2.05) is 5.38 Å². The number of fused-ring (bicyclic) bond motifs is 1. The van der Waals surface area contributed by atoms with Gasteiger partial charge in [-0.25, -0.2) is 13.7 Å². The normalized spacial score (nSPS) is 11.0. The lowest BCUT2D eigenvalue weighted by molar-refractivity contribution is -0.116. The minimum absolute atomic E-state index is 0.00360. The minimum Gasteiger partial charge on any atom is -0.300 e. The number of carbonyl (C=O) groups excluding carboxylic acids is 1. The van der Waals surface area contributed by atoms with Crippen LogP contribution in [0.3, 0.4) is 0 Å². The molecule has 0 atom stereocenters. The predicted octanol–water partition coefficient (Wildman–Crippen LogP) is 1.48. The predicted molar refractivity (Wildman–Crippen MR) is 101 cm³/mol. The summed E-state index contributed by atoms with van der Waals surface area (Å²) in [5.74, 6) is -0.572. The first-order chi connectivity index (χ1) is 13.5. The van der Waals surface area contributed by atoms with Crippen LogP contribution in [-0.4, -0.2) is 30.1 Å². The van der Waals surface area contributed by atoms with E-state index in [9.17, 15) is 18.8 Å². The maximum Gasteiger partial charge on any atom is 0.328 e. The van der Waals surface area contributed by atoms with Crippen molar-refractivity contribution in [2.45, 2.75) is 13.0 Å². The van der Waals surface area contributed by atoms with Gasteiger partial charge in [-0.15, -0.1) is 16.4 Å². The minimum atomic E-state index is -0.579. The Balaban J connectivity index is 1.47. The molecule has 11 heteroatoms. The number of anilines is 1. The zero-order valence-corrected chi connectivity index (χ0v) is 15.1. The van der Waals surface area contributed by atoms with Gasteiger partial charge in [0.1, 0.15) is 5.82 Å². The number of benzene rings is 1. The summed E-state index contributed by atoms with van der Waals surface area (Å²) >= 11 is 1.34. The van der Waals surface area contributed by atoms with Crippen molar-refractivity contribution >= 4 is 28.2 Å². The molecule has 0 aliphatic heterocycles. The number of aromatic amines is 1. The van der Waals surface area contributed by atoms with Crippen LogP contribution in [0.1, 0.15) is 6.42 Å². The second-order valence-electron chi connectivity index (χ2n) is 5.86. The summed E-state index contributed by atoms with van der Waals surface area (Å²) in [6.07, 6.45) is 1.33. The van der Waals surface area contributed by atoms with Crippen LogP contribution in [0.4, 0.5) is 10.3 Å². The fourth-order valence-corrected chi connectivity index (χ4v) is 3.41. The molecule has 9 nitrogen and oxygen atoms in total. The van der Waals surface area contributed by atoms with E-state index in [4.69, 9.17) is 0 Å². The van der Waals surface area contributed by atoms with Crippen LogP contribution in [-0.2, 0) is 11.3 Å². The number of nitrogens with one attached hydrogen (secondary N) is 2. The summed E-state index contributed by atoms with van der Waals surface area (Å²) in [6, 6.07) is 7.20. The van der Waals surface area contributed by atoms with Crippen LogP contribution in [0.25, 0.3) is 16.2 Å². The average Bonchev–Trinajstić information content (AvgIpc) is 3.22. The lowest BCUT2D eigenvalue weighted by atomic mass is 10.2. The molecule has 1 aromatic carbocycles. The van der Waals surface area contributed by atoms with Gasteiger partial charge in [0, 0.05) is 36.2 Å². The molecule has 0 bridgehead atoms. The highest BCUT2D eigenvalue weighted by Crippen LogP contribution is 2.26. The van der Waals surface area contributed by atoms with Crippen molar-refractivity contribution in [3.8, 4) is 11.3 Å². The molecule has 0 unspecified atom stereocenters. The number of hydrogen-bond acceptors (Lipinski definition) is 6. The molecule has 28 heavy (non-hydrogen) atoms. The van der Waals surface area contributed by atoms with Gasteiger partial charge in [-0.05, 0) is 24.3 Å². The summed E-state index contributed by atoms with van der Waals surface area (Å²) in [5, 5.41) is 8.70. The Morgan fingerprint density at radius 3 is 2.75 bits per heavy atom. The van der Waals surface area contributed by atoms with Crippen molar-refractivity contribution < 1.29 is 9.18 Å². The summed E-state index contributed by atoms with van der Waals surface area (Å²) in [7, 11) is 0.